The van der Waals surface area contributed by atoms with E-state index in [-0.39, 0.29) is 5.54 Å². The fourth-order valence-corrected chi connectivity index (χ4v) is 2.19. The molecule has 0 spiro atoms. The Labute approximate surface area is 125 Å². The normalized spacial score (nSPS) is 11.6. The van der Waals surface area contributed by atoms with Crippen LogP contribution in [-0.2, 0) is 13.0 Å². The number of rotatable bonds is 6. The summed E-state index contributed by atoms with van der Waals surface area (Å²) in [5.74, 6) is -1.04. The van der Waals surface area contributed by atoms with Gasteiger partial charge in [-0.05, 0) is 38.3 Å². The molecule has 112 valence electrons. The third-order valence-electron chi connectivity index (χ3n) is 3.65. The molecule has 2 aromatic carbocycles. The quantitative estimate of drug-likeness (QED) is 0.827. The summed E-state index contributed by atoms with van der Waals surface area (Å²) >= 11 is 0. The van der Waals surface area contributed by atoms with E-state index in [1.807, 2.05) is 18.2 Å². The molecule has 1 nitrogen and oxygen atoms in total. The van der Waals surface area contributed by atoms with Crippen LogP contribution in [0.3, 0.4) is 0 Å². The van der Waals surface area contributed by atoms with E-state index in [2.05, 4.69) is 31.3 Å². The van der Waals surface area contributed by atoms with Gasteiger partial charge in [0.2, 0.25) is 0 Å². The Morgan fingerprint density at radius 1 is 1.00 bits per heavy atom. The summed E-state index contributed by atoms with van der Waals surface area (Å²) in [6.07, 6.45) is 1.91. The van der Waals surface area contributed by atoms with Crippen LogP contribution in [0, 0.1) is 11.6 Å². The Morgan fingerprint density at radius 3 is 2.38 bits per heavy atom. The Balaban J connectivity index is 1.88. The van der Waals surface area contributed by atoms with Gasteiger partial charge < -0.3 is 5.32 Å². The Morgan fingerprint density at radius 2 is 1.71 bits per heavy atom. The standard InChI is InChI=1S/C18H21F2N/c1-18(2,11-10-14-6-4-3-5-7-14)21-13-15-8-9-16(19)12-17(15)20/h3-9,12,21H,10-11,13H2,1-2H3. The summed E-state index contributed by atoms with van der Waals surface area (Å²) in [4.78, 5) is 0. The van der Waals surface area contributed by atoms with Crippen molar-refractivity contribution in [1.29, 1.82) is 0 Å². The van der Waals surface area contributed by atoms with Crippen molar-refractivity contribution in [2.45, 2.75) is 38.8 Å². The molecule has 3 heteroatoms. The van der Waals surface area contributed by atoms with Crippen molar-refractivity contribution in [2.75, 3.05) is 0 Å². The fraction of sp³-hybridized carbons (Fsp3) is 0.333. The van der Waals surface area contributed by atoms with Crippen molar-refractivity contribution in [3.63, 3.8) is 0 Å². The summed E-state index contributed by atoms with van der Waals surface area (Å²) in [6.45, 7) is 4.59. The molecule has 0 aliphatic rings. The van der Waals surface area contributed by atoms with Crippen LogP contribution in [0.1, 0.15) is 31.4 Å². The van der Waals surface area contributed by atoms with Crippen LogP contribution in [0.15, 0.2) is 48.5 Å². The van der Waals surface area contributed by atoms with Gasteiger partial charge >= 0.3 is 0 Å². The van der Waals surface area contributed by atoms with Gasteiger partial charge in [-0.2, -0.15) is 0 Å². The number of aryl methyl sites for hydroxylation is 1. The molecule has 0 aliphatic carbocycles. The summed E-state index contributed by atoms with van der Waals surface area (Å²) < 4.78 is 26.5. The maximum Gasteiger partial charge on any atom is 0.130 e. The van der Waals surface area contributed by atoms with Gasteiger partial charge in [0, 0.05) is 23.7 Å². The van der Waals surface area contributed by atoms with E-state index in [4.69, 9.17) is 0 Å². The lowest BCUT2D eigenvalue weighted by atomic mass is 9.95. The average Bonchev–Trinajstić information content (AvgIpc) is 2.45. The summed E-state index contributed by atoms with van der Waals surface area (Å²) in [7, 11) is 0. The van der Waals surface area contributed by atoms with Gasteiger partial charge in [0.05, 0.1) is 0 Å². The molecule has 2 aromatic rings. The Hall–Kier alpha value is -1.74. The molecule has 0 radical (unpaired) electrons. The third kappa shape index (κ3) is 4.94. The molecule has 0 unspecified atom stereocenters. The molecule has 0 aliphatic heterocycles. The number of benzene rings is 2. The predicted molar refractivity (Wildman–Crippen MR) is 82.0 cm³/mol. The van der Waals surface area contributed by atoms with Crippen molar-refractivity contribution in [3.05, 3.63) is 71.3 Å². The topological polar surface area (TPSA) is 12.0 Å². The first-order valence-corrected chi connectivity index (χ1v) is 7.19. The largest absolute Gasteiger partial charge is 0.308 e. The Bertz CT molecular complexity index is 579. The van der Waals surface area contributed by atoms with E-state index in [0.29, 0.717) is 12.1 Å². The van der Waals surface area contributed by atoms with Gasteiger partial charge in [-0.25, -0.2) is 8.78 Å². The second kappa shape index (κ2) is 6.81. The smallest absolute Gasteiger partial charge is 0.130 e. The highest BCUT2D eigenvalue weighted by atomic mass is 19.1. The van der Waals surface area contributed by atoms with Crippen LogP contribution in [0.2, 0.25) is 0 Å². The first kappa shape index (κ1) is 15.6. The lowest BCUT2D eigenvalue weighted by Crippen LogP contribution is -2.39. The van der Waals surface area contributed by atoms with Gasteiger partial charge in [0.25, 0.3) is 0 Å². The zero-order chi connectivity index (χ0) is 15.3. The zero-order valence-corrected chi connectivity index (χ0v) is 12.5. The van der Waals surface area contributed by atoms with Gasteiger partial charge in [0.1, 0.15) is 11.6 Å². The van der Waals surface area contributed by atoms with Crippen LogP contribution >= 0.6 is 0 Å². The molecule has 0 saturated carbocycles. The zero-order valence-electron chi connectivity index (χ0n) is 12.5. The number of nitrogens with one attached hydrogen (secondary N) is 1. The molecule has 0 atom stereocenters. The fourth-order valence-electron chi connectivity index (χ4n) is 2.19. The molecule has 0 bridgehead atoms. The van der Waals surface area contributed by atoms with Crippen LogP contribution in [0.4, 0.5) is 8.78 Å². The highest BCUT2D eigenvalue weighted by molar-refractivity contribution is 5.19. The highest BCUT2D eigenvalue weighted by Gasteiger charge is 2.17. The highest BCUT2D eigenvalue weighted by Crippen LogP contribution is 2.16. The van der Waals surface area contributed by atoms with Crippen molar-refractivity contribution in [3.8, 4) is 0 Å². The molecule has 2 rings (SSSR count). The van der Waals surface area contributed by atoms with Crippen molar-refractivity contribution in [2.24, 2.45) is 0 Å². The van der Waals surface area contributed by atoms with E-state index in [1.165, 1.54) is 17.7 Å². The van der Waals surface area contributed by atoms with E-state index < -0.39 is 11.6 Å². The molecule has 21 heavy (non-hydrogen) atoms. The van der Waals surface area contributed by atoms with Crippen LogP contribution < -0.4 is 5.32 Å². The molecule has 1 N–H and O–H groups in total. The number of halogens is 2. The predicted octanol–water partition coefficient (Wildman–Crippen LogP) is 4.47. The molecule has 0 aromatic heterocycles. The number of hydrogen-bond acceptors (Lipinski definition) is 1. The second-order valence-electron chi connectivity index (χ2n) is 5.96. The minimum absolute atomic E-state index is 0.114. The van der Waals surface area contributed by atoms with E-state index >= 15 is 0 Å². The van der Waals surface area contributed by atoms with Gasteiger partial charge in [-0.1, -0.05) is 36.4 Å². The first-order chi connectivity index (χ1) is 9.96. The summed E-state index contributed by atoms with van der Waals surface area (Å²) in [5.41, 5.74) is 1.67. The maximum absolute atomic E-state index is 13.6. The lowest BCUT2D eigenvalue weighted by Gasteiger charge is -2.26. The molecular weight excluding hydrogens is 268 g/mol. The summed E-state index contributed by atoms with van der Waals surface area (Å²) in [6, 6.07) is 14.0. The monoisotopic (exact) mass is 289 g/mol. The van der Waals surface area contributed by atoms with Crippen LogP contribution in [0.5, 0.6) is 0 Å². The van der Waals surface area contributed by atoms with Crippen LogP contribution in [-0.4, -0.2) is 5.54 Å². The maximum atomic E-state index is 13.6. The van der Waals surface area contributed by atoms with Crippen molar-refractivity contribution >= 4 is 0 Å². The lowest BCUT2D eigenvalue weighted by molar-refractivity contribution is 0.357. The molecule has 0 heterocycles. The Kier molecular flexibility index (Phi) is 5.07. The molecule has 0 amide bonds. The molecular formula is C18H21F2N. The summed E-state index contributed by atoms with van der Waals surface area (Å²) in [5, 5.41) is 3.34. The van der Waals surface area contributed by atoms with Crippen molar-refractivity contribution in [1.82, 2.24) is 5.32 Å². The van der Waals surface area contributed by atoms with Crippen LogP contribution in [0.25, 0.3) is 0 Å². The first-order valence-electron chi connectivity index (χ1n) is 7.19. The van der Waals surface area contributed by atoms with Gasteiger partial charge in [0.15, 0.2) is 0 Å². The minimum Gasteiger partial charge on any atom is -0.308 e. The third-order valence-corrected chi connectivity index (χ3v) is 3.65. The SMILES string of the molecule is CC(C)(CCc1ccccc1)NCc1ccc(F)cc1F. The average molecular weight is 289 g/mol. The minimum atomic E-state index is -0.542. The second-order valence-corrected chi connectivity index (χ2v) is 5.96. The van der Waals surface area contributed by atoms with Crippen molar-refractivity contribution < 1.29 is 8.78 Å². The van der Waals surface area contributed by atoms with E-state index in [0.717, 1.165) is 18.9 Å². The van der Waals surface area contributed by atoms with E-state index in [9.17, 15) is 8.78 Å². The molecule has 0 saturated heterocycles. The van der Waals surface area contributed by atoms with E-state index in [1.54, 1.807) is 0 Å². The van der Waals surface area contributed by atoms with Gasteiger partial charge in [-0.15, -0.1) is 0 Å². The number of hydrogen-bond donors (Lipinski definition) is 1. The molecule has 0 fully saturated rings. The van der Waals surface area contributed by atoms with Gasteiger partial charge in [-0.3, -0.25) is 0 Å².